The molecule has 1 aromatic carbocycles. The lowest BCUT2D eigenvalue weighted by atomic mass is 9.80. The number of carbonyl (C=O) groups excluding carboxylic acids is 2. The van der Waals surface area contributed by atoms with Crippen molar-refractivity contribution in [3.8, 4) is 0 Å². The maximum atomic E-state index is 12.7. The molecule has 1 aliphatic carbocycles. The minimum absolute atomic E-state index is 0.129. The van der Waals surface area contributed by atoms with Gasteiger partial charge in [-0.1, -0.05) is 22.0 Å². The summed E-state index contributed by atoms with van der Waals surface area (Å²) in [5.74, 6) is -0.538. The van der Waals surface area contributed by atoms with Crippen LogP contribution in [-0.2, 0) is 25.5 Å². The van der Waals surface area contributed by atoms with Crippen LogP contribution in [0.2, 0.25) is 0 Å². The number of ether oxygens (including phenoxy) is 2. The summed E-state index contributed by atoms with van der Waals surface area (Å²) in [6, 6.07) is 3.97. The van der Waals surface area contributed by atoms with Gasteiger partial charge in [0, 0.05) is 11.6 Å². The normalized spacial score (nSPS) is 23.2. The summed E-state index contributed by atoms with van der Waals surface area (Å²) in [6.07, 6.45) is 2.87. The predicted molar refractivity (Wildman–Crippen MR) is 99.5 cm³/mol. The molecular formula is C19H26BrNO4. The number of aryl methyl sites for hydroxylation is 1. The van der Waals surface area contributed by atoms with Gasteiger partial charge in [-0.25, -0.2) is 4.79 Å². The highest BCUT2D eigenvalue weighted by Crippen LogP contribution is 2.31. The molecule has 0 aromatic heterocycles. The molecule has 6 heteroatoms. The molecular weight excluding hydrogens is 386 g/mol. The van der Waals surface area contributed by atoms with Crippen molar-refractivity contribution in [3.63, 3.8) is 0 Å². The van der Waals surface area contributed by atoms with E-state index in [1.807, 2.05) is 26.0 Å². The molecule has 1 fully saturated rings. The summed E-state index contributed by atoms with van der Waals surface area (Å²) < 4.78 is 11.3. The summed E-state index contributed by atoms with van der Waals surface area (Å²) >= 11 is 3.51. The number of rotatable bonds is 5. The van der Waals surface area contributed by atoms with Crippen molar-refractivity contribution in [2.45, 2.75) is 57.6 Å². The van der Waals surface area contributed by atoms with E-state index in [-0.39, 0.29) is 24.4 Å². The van der Waals surface area contributed by atoms with Crippen molar-refractivity contribution >= 4 is 27.8 Å². The Hall–Kier alpha value is -1.40. The highest BCUT2D eigenvalue weighted by Gasteiger charge is 2.44. The van der Waals surface area contributed by atoms with Crippen molar-refractivity contribution in [1.29, 1.82) is 0 Å². The van der Waals surface area contributed by atoms with Crippen molar-refractivity contribution in [1.82, 2.24) is 5.32 Å². The van der Waals surface area contributed by atoms with Gasteiger partial charge in [-0.05, 0) is 62.3 Å². The predicted octanol–water partition coefficient (Wildman–Crippen LogP) is 3.23. The molecule has 25 heavy (non-hydrogen) atoms. The van der Waals surface area contributed by atoms with Crippen LogP contribution in [-0.4, -0.2) is 37.7 Å². The monoisotopic (exact) mass is 411 g/mol. The van der Waals surface area contributed by atoms with Crippen molar-refractivity contribution in [2.24, 2.45) is 0 Å². The summed E-state index contributed by atoms with van der Waals surface area (Å²) in [4.78, 5) is 25.1. The van der Waals surface area contributed by atoms with E-state index < -0.39 is 5.54 Å². The third kappa shape index (κ3) is 4.42. The maximum absolute atomic E-state index is 12.7. The standard InChI is InChI=1S/C19H26BrNO4/c1-12-5-6-16(20)13(2)15(12)11-17(22)21-19(18(23)25-4)9-7-14(24-3)8-10-19/h5-6,14H,7-11H2,1-4H3,(H,21,22)/t14-,19-. The van der Waals surface area contributed by atoms with Crippen LogP contribution in [0.5, 0.6) is 0 Å². The van der Waals surface area contributed by atoms with E-state index in [1.54, 1.807) is 7.11 Å². The number of carbonyl (C=O) groups is 2. The summed E-state index contributed by atoms with van der Waals surface area (Å²) in [5.41, 5.74) is 2.14. The highest BCUT2D eigenvalue weighted by molar-refractivity contribution is 9.10. The third-order valence-electron chi connectivity index (χ3n) is 5.18. The lowest BCUT2D eigenvalue weighted by molar-refractivity contribution is -0.153. The first-order valence-electron chi connectivity index (χ1n) is 8.49. The summed E-state index contributed by atoms with van der Waals surface area (Å²) in [7, 11) is 3.04. The summed E-state index contributed by atoms with van der Waals surface area (Å²) in [6.45, 7) is 3.97. The minimum Gasteiger partial charge on any atom is -0.467 e. The molecule has 0 bridgehead atoms. The topological polar surface area (TPSA) is 64.6 Å². The van der Waals surface area contributed by atoms with E-state index in [0.29, 0.717) is 12.8 Å². The molecule has 1 saturated carbocycles. The van der Waals surface area contributed by atoms with Crippen molar-refractivity contribution in [2.75, 3.05) is 14.2 Å². The molecule has 1 aromatic rings. The Kier molecular flexibility index (Phi) is 6.63. The molecule has 0 atom stereocenters. The molecule has 0 aliphatic heterocycles. The fourth-order valence-electron chi connectivity index (χ4n) is 3.50. The lowest BCUT2D eigenvalue weighted by Gasteiger charge is -2.38. The zero-order valence-electron chi connectivity index (χ0n) is 15.3. The number of hydrogen-bond acceptors (Lipinski definition) is 4. The second-order valence-corrected chi connectivity index (χ2v) is 7.56. The Bertz CT molecular complexity index is 651. The van der Waals surface area contributed by atoms with Crippen LogP contribution in [0.3, 0.4) is 0 Å². The van der Waals surface area contributed by atoms with Crippen LogP contribution >= 0.6 is 15.9 Å². The number of amides is 1. The number of hydrogen-bond donors (Lipinski definition) is 1. The van der Waals surface area contributed by atoms with Gasteiger partial charge in [-0.3, -0.25) is 4.79 Å². The van der Waals surface area contributed by atoms with Crippen LogP contribution < -0.4 is 5.32 Å². The first-order chi connectivity index (χ1) is 11.8. The van der Waals surface area contributed by atoms with E-state index in [9.17, 15) is 9.59 Å². The van der Waals surface area contributed by atoms with Gasteiger partial charge >= 0.3 is 5.97 Å². The Labute approximate surface area is 157 Å². The molecule has 0 heterocycles. The third-order valence-corrected chi connectivity index (χ3v) is 6.04. The van der Waals surface area contributed by atoms with Gasteiger partial charge < -0.3 is 14.8 Å². The first kappa shape index (κ1) is 19.9. The molecule has 0 radical (unpaired) electrons. The van der Waals surface area contributed by atoms with Crippen LogP contribution in [0.4, 0.5) is 0 Å². The molecule has 2 rings (SSSR count). The molecule has 1 amide bonds. The Morgan fingerprint density at radius 3 is 2.44 bits per heavy atom. The van der Waals surface area contributed by atoms with Gasteiger partial charge in [0.1, 0.15) is 5.54 Å². The van der Waals surface area contributed by atoms with E-state index >= 15 is 0 Å². The van der Waals surface area contributed by atoms with Crippen LogP contribution in [0, 0.1) is 13.8 Å². The molecule has 0 spiro atoms. The van der Waals surface area contributed by atoms with Gasteiger partial charge in [0.15, 0.2) is 0 Å². The quantitative estimate of drug-likeness (QED) is 0.755. The fourth-order valence-corrected chi connectivity index (χ4v) is 3.87. The zero-order chi connectivity index (χ0) is 18.6. The zero-order valence-corrected chi connectivity index (χ0v) is 16.9. The van der Waals surface area contributed by atoms with Gasteiger partial charge in [0.2, 0.25) is 5.91 Å². The average Bonchev–Trinajstić information content (AvgIpc) is 2.61. The van der Waals surface area contributed by atoms with Gasteiger partial charge in [-0.2, -0.15) is 0 Å². The van der Waals surface area contributed by atoms with Crippen LogP contribution in [0.25, 0.3) is 0 Å². The van der Waals surface area contributed by atoms with Crippen molar-refractivity contribution in [3.05, 3.63) is 33.3 Å². The maximum Gasteiger partial charge on any atom is 0.331 e. The van der Waals surface area contributed by atoms with E-state index in [1.165, 1.54) is 7.11 Å². The average molecular weight is 412 g/mol. The Morgan fingerprint density at radius 2 is 1.88 bits per heavy atom. The van der Waals surface area contributed by atoms with Gasteiger partial charge in [0.25, 0.3) is 0 Å². The fraction of sp³-hybridized carbons (Fsp3) is 0.579. The SMILES string of the molecule is COC(=O)[C@]1(NC(=O)Cc2c(C)ccc(Br)c2C)CC[C@H](OC)CC1. The number of nitrogens with one attached hydrogen (secondary N) is 1. The Balaban J connectivity index is 2.16. The van der Waals surface area contributed by atoms with Gasteiger partial charge in [-0.15, -0.1) is 0 Å². The van der Waals surface area contributed by atoms with E-state index in [0.717, 1.165) is 34.0 Å². The second kappa shape index (κ2) is 8.32. The number of halogens is 1. The largest absolute Gasteiger partial charge is 0.467 e. The van der Waals surface area contributed by atoms with E-state index in [4.69, 9.17) is 9.47 Å². The first-order valence-corrected chi connectivity index (χ1v) is 9.29. The Morgan fingerprint density at radius 1 is 1.24 bits per heavy atom. The van der Waals surface area contributed by atoms with E-state index in [2.05, 4.69) is 21.2 Å². The number of esters is 1. The molecule has 138 valence electrons. The molecule has 5 nitrogen and oxygen atoms in total. The minimum atomic E-state index is -0.950. The van der Waals surface area contributed by atoms with Gasteiger partial charge in [0.05, 0.1) is 19.6 Å². The molecule has 1 N–H and O–H groups in total. The number of methoxy groups -OCH3 is 2. The number of benzene rings is 1. The molecule has 1 aliphatic rings. The molecule has 0 saturated heterocycles. The highest BCUT2D eigenvalue weighted by atomic mass is 79.9. The summed E-state index contributed by atoms with van der Waals surface area (Å²) in [5, 5.41) is 2.97. The second-order valence-electron chi connectivity index (χ2n) is 6.70. The smallest absolute Gasteiger partial charge is 0.331 e. The van der Waals surface area contributed by atoms with Crippen LogP contribution in [0.1, 0.15) is 42.4 Å². The molecule has 0 unspecified atom stereocenters. The lowest BCUT2D eigenvalue weighted by Crippen LogP contribution is -2.57. The van der Waals surface area contributed by atoms with Crippen LogP contribution in [0.15, 0.2) is 16.6 Å². The van der Waals surface area contributed by atoms with Crippen molar-refractivity contribution < 1.29 is 19.1 Å².